The van der Waals surface area contributed by atoms with Gasteiger partial charge in [0.05, 0.1) is 0 Å². The van der Waals surface area contributed by atoms with E-state index in [-0.39, 0.29) is 0 Å². The monoisotopic (exact) mass is 164 g/mol. The van der Waals surface area contributed by atoms with Gasteiger partial charge in [-0.05, 0) is 23.5 Å². The predicted molar refractivity (Wildman–Crippen MR) is 51.8 cm³/mol. The van der Waals surface area contributed by atoms with Gasteiger partial charge in [0.15, 0.2) is 0 Å². The molecule has 0 aliphatic carbocycles. The molecule has 0 aliphatic rings. The Morgan fingerprint density at radius 1 is 1.33 bits per heavy atom. The summed E-state index contributed by atoms with van der Waals surface area (Å²) in [5.41, 5.74) is 7.04. The third-order valence-electron chi connectivity index (χ3n) is 1.58. The number of nitrogens with two attached hydrogens (primary N) is 1. The van der Waals surface area contributed by atoms with E-state index in [4.69, 9.17) is 5.73 Å². The lowest BCUT2D eigenvalue weighted by atomic mass is 9.89. The summed E-state index contributed by atoms with van der Waals surface area (Å²) in [6.07, 6.45) is 2.89. The fraction of sp³-hybridized carbons (Fsp3) is 0.500. The third kappa shape index (κ3) is 2.91. The minimum Gasteiger partial charge on any atom is -0.384 e. The van der Waals surface area contributed by atoms with Crippen molar-refractivity contribution in [2.24, 2.45) is 5.41 Å². The molecule has 2 heteroatoms. The van der Waals surface area contributed by atoms with Crippen molar-refractivity contribution in [3.05, 3.63) is 23.9 Å². The second kappa shape index (κ2) is 3.13. The Morgan fingerprint density at radius 3 is 2.42 bits per heavy atom. The Balaban J connectivity index is 2.71. The molecule has 0 saturated carbocycles. The molecule has 0 saturated heterocycles. The van der Waals surface area contributed by atoms with Crippen LogP contribution in [0.5, 0.6) is 0 Å². The Kier molecular flexibility index (Phi) is 2.36. The van der Waals surface area contributed by atoms with Crippen LogP contribution < -0.4 is 5.73 Å². The Labute approximate surface area is 73.8 Å². The first-order chi connectivity index (χ1) is 5.47. The largest absolute Gasteiger partial charge is 0.384 e. The molecule has 0 fully saturated rings. The molecule has 2 N–H and O–H groups in total. The summed E-state index contributed by atoms with van der Waals surface area (Å²) in [7, 11) is 0. The highest BCUT2D eigenvalue weighted by atomic mass is 14.8. The van der Waals surface area contributed by atoms with Crippen LogP contribution in [0.25, 0.3) is 0 Å². The summed E-state index contributed by atoms with van der Waals surface area (Å²) in [5, 5.41) is 0. The van der Waals surface area contributed by atoms with Gasteiger partial charge in [0.1, 0.15) is 5.82 Å². The van der Waals surface area contributed by atoms with E-state index in [0.717, 1.165) is 6.42 Å². The van der Waals surface area contributed by atoms with Crippen molar-refractivity contribution < 1.29 is 0 Å². The zero-order valence-electron chi connectivity index (χ0n) is 7.96. The van der Waals surface area contributed by atoms with Crippen LogP contribution in [0.1, 0.15) is 26.3 Å². The molecule has 0 aliphatic heterocycles. The summed E-state index contributed by atoms with van der Waals surface area (Å²) in [6, 6.07) is 3.88. The number of aromatic nitrogens is 1. The highest BCUT2D eigenvalue weighted by Gasteiger charge is 2.10. The van der Waals surface area contributed by atoms with Crippen molar-refractivity contribution in [3.63, 3.8) is 0 Å². The van der Waals surface area contributed by atoms with Gasteiger partial charge in [0.2, 0.25) is 0 Å². The van der Waals surface area contributed by atoms with Crippen LogP contribution in [0.15, 0.2) is 18.3 Å². The molecule has 12 heavy (non-hydrogen) atoms. The van der Waals surface area contributed by atoms with Crippen LogP contribution in [0.4, 0.5) is 5.82 Å². The van der Waals surface area contributed by atoms with Gasteiger partial charge < -0.3 is 5.73 Å². The van der Waals surface area contributed by atoms with Crippen LogP contribution in [-0.4, -0.2) is 4.98 Å². The lowest BCUT2D eigenvalue weighted by Gasteiger charge is -2.17. The van der Waals surface area contributed by atoms with Gasteiger partial charge >= 0.3 is 0 Å². The van der Waals surface area contributed by atoms with Crippen LogP contribution >= 0.6 is 0 Å². The molecule has 0 amide bonds. The van der Waals surface area contributed by atoms with Crippen LogP contribution in [-0.2, 0) is 6.42 Å². The zero-order valence-corrected chi connectivity index (χ0v) is 7.96. The Morgan fingerprint density at radius 2 is 2.00 bits per heavy atom. The molecular formula is C10H16N2. The highest BCUT2D eigenvalue weighted by Crippen LogP contribution is 2.19. The van der Waals surface area contributed by atoms with Gasteiger partial charge in [-0.25, -0.2) is 4.98 Å². The summed E-state index contributed by atoms with van der Waals surface area (Å²) in [6.45, 7) is 6.63. The first-order valence-corrected chi connectivity index (χ1v) is 4.18. The van der Waals surface area contributed by atoms with Crippen molar-refractivity contribution in [1.82, 2.24) is 4.98 Å². The average Bonchev–Trinajstić information content (AvgIpc) is 1.91. The zero-order chi connectivity index (χ0) is 9.19. The Bertz CT molecular complexity index is 244. The quantitative estimate of drug-likeness (QED) is 0.691. The summed E-state index contributed by atoms with van der Waals surface area (Å²) in [4.78, 5) is 4.04. The van der Waals surface area contributed by atoms with E-state index in [9.17, 15) is 0 Å². The minimum absolute atomic E-state index is 0.317. The molecule has 1 rings (SSSR count). The Hall–Kier alpha value is -1.05. The van der Waals surface area contributed by atoms with Gasteiger partial charge in [0, 0.05) is 6.20 Å². The van der Waals surface area contributed by atoms with Crippen LogP contribution in [0.3, 0.4) is 0 Å². The number of anilines is 1. The van der Waals surface area contributed by atoms with Crippen molar-refractivity contribution in [2.45, 2.75) is 27.2 Å². The first-order valence-electron chi connectivity index (χ1n) is 4.18. The summed E-state index contributed by atoms with van der Waals surface area (Å²) >= 11 is 0. The number of hydrogen-bond donors (Lipinski definition) is 1. The van der Waals surface area contributed by atoms with Crippen molar-refractivity contribution in [1.29, 1.82) is 0 Å². The minimum atomic E-state index is 0.317. The standard InChI is InChI=1S/C10H16N2/c1-10(2,3)6-8-4-5-9(11)12-7-8/h4-5,7H,6H2,1-3H3,(H2,11,12). The van der Waals surface area contributed by atoms with E-state index in [2.05, 4.69) is 25.8 Å². The molecular weight excluding hydrogens is 148 g/mol. The molecule has 0 radical (unpaired) electrons. The summed E-state index contributed by atoms with van der Waals surface area (Å²) in [5.74, 6) is 0.590. The van der Waals surface area contributed by atoms with Crippen molar-refractivity contribution in [2.75, 3.05) is 5.73 Å². The van der Waals surface area contributed by atoms with Crippen LogP contribution in [0, 0.1) is 5.41 Å². The molecule has 1 aromatic rings. The van der Waals surface area contributed by atoms with Gasteiger partial charge in [-0.3, -0.25) is 0 Å². The number of pyridine rings is 1. The SMILES string of the molecule is CC(C)(C)Cc1ccc(N)nc1. The smallest absolute Gasteiger partial charge is 0.123 e. The fourth-order valence-electron chi connectivity index (χ4n) is 1.15. The van der Waals surface area contributed by atoms with E-state index in [1.165, 1.54) is 5.56 Å². The highest BCUT2D eigenvalue weighted by molar-refractivity contribution is 5.29. The maximum absolute atomic E-state index is 5.48. The molecule has 2 nitrogen and oxygen atoms in total. The molecule has 0 aromatic carbocycles. The maximum Gasteiger partial charge on any atom is 0.123 e. The number of nitrogens with zero attached hydrogens (tertiary/aromatic N) is 1. The van der Waals surface area contributed by atoms with E-state index in [1.54, 1.807) is 0 Å². The van der Waals surface area contributed by atoms with E-state index in [0.29, 0.717) is 11.2 Å². The van der Waals surface area contributed by atoms with E-state index >= 15 is 0 Å². The molecule has 66 valence electrons. The van der Waals surface area contributed by atoms with Gasteiger partial charge in [-0.1, -0.05) is 26.8 Å². The van der Waals surface area contributed by atoms with Gasteiger partial charge in [-0.2, -0.15) is 0 Å². The van der Waals surface area contributed by atoms with Gasteiger partial charge in [-0.15, -0.1) is 0 Å². The number of rotatable bonds is 1. The molecule has 0 unspecified atom stereocenters. The van der Waals surface area contributed by atoms with Gasteiger partial charge in [0.25, 0.3) is 0 Å². The number of nitrogen functional groups attached to an aromatic ring is 1. The van der Waals surface area contributed by atoms with Crippen LogP contribution in [0.2, 0.25) is 0 Å². The predicted octanol–water partition coefficient (Wildman–Crippen LogP) is 2.25. The van der Waals surface area contributed by atoms with E-state index in [1.807, 2.05) is 18.3 Å². The van der Waals surface area contributed by atoms with Crippen molar-refractivity contribution >= 4 is 5.82 Å². The lowest BCUT2D eigenvalue weighted by Crippen LogP contribution is -2.09. The van der Waals surface area contributed by atoms with E-state index < -0.39 is 0 Å². The van der Waals surface area contributed by atoms with Crippen molar-refractivity contribution in [3.8, 4) is 0 Å². The fourth-order valence-corrected chi connectivity index (χ4v) is 1.15. The second-order valence-corrected chi connectivity index (χ2v) is 4.33. The lowest BCUT2D eigenvalue weighted by molar-refractivity contribution is 0.411. The first kappa shape index (κ1) is 9.04. The molecule has 1 heterocycles. The normalized spacial score (nSPS) is 11.6. The maximum atomic E-state index is 5.48. The third-order valence-corrected chi connectivity index (χ3v) is 1.58. The number of hydrogen-bond acceptors (Lipinski definition) is 2. The molecule has 0 bridgehead atoms. The second-order valence-electron chi connectivity index (χ2n) is 4.33. The molecule has 0 atom stereocenters. The molecule has 0 spiro atoms. The topological polar surface area (TPSA) is 38.9 Å². The summed E-state index contributed by atoms with van der Waals surface area (Å²) < 4.78 is 0. The molecule has 1 aromatic heterocycles. The average molecular weight is 164 g/mol.